The number of benzene rings is 1. The molecule has 1 atom stereocenters. The molecule has 1 aromatic rings. The topological polar surface area (TPSA) is 111 Å². The fourth-order valence-electron chi connectivity index (χ4n) is 1.91. The number of carbonyl (C=O) groups excluding carboxylic acids is 1. The van der Waals surface area contributed by atoms with Crippen molar-refractivity contribution in [3.8, 4) is 11.5 Å². The molecule has 0 aliphatic carbocycles. The van der Waals surface area contributed by atoms with E-state index in [1.165, 1.54) is 20.2 Å². The smallest absolute Gasteiger partial charge is 0.328 e. The molecule has 0 aliphatic rings. The summed E-state index contributed by atoms with van der Waals surface area (Å²) >= 11 is 0. The van der Waals surface area contributed by atoms with Crippen LogP contribution in [0.4, 0.5) is 0 Å². The zero-order valence-electron chi connectivity index (χ0n) is 13.8. The van der Waals surface area contributed by atoms with Gasteiger partial charge in [0, 0.05) is 13.1 Å². The van der Waals surface area contributed by atoms with Crippen molar-refractivity contribution in [3.63, 3.8) is 0 Å². The predicted molar refractivity (Wildman–Crippen MR) is 91.5 cm³/mol. The summed E-state index contributed by atoms with van der Waals surface area (Å²) in [7, 11) is 1.48. The van der Waals surface area contributed by atoms with Crippen LogP contribution in [0.1, 0.15) is 25.3 Å². The number of carboxylic acid groups (broad SMARTS) is 1. The van der Waals surface area contributed by atoms with Gasteiger partial charge in [0.15, 0.2) is 11.5 Å². The monoisotopic (exact) mass is 334 g/mol. The molecule has 3 N–H and O–H groups in total. The van der Waals surface area contributed by atoms with Crippen LogP contribution in [-0.2, 0) is 9.59 Å². The molecule has 0 spiro atoms. The Labute approximate surface area is 140 Å². The quantitative estimate of drug-likeness (QED) is 0.405. The van der Waals surface area contributed by atoms with Gasteiger partial charge in [-0.3, -0.25) is 9.79 Å². The lowest BCUT2D eigenvalue weighted by Crippen LogP contribution is -2.19. The Bertz CT molecular complexity index is 625. The van der Waals surface area contributed by atoms with Crippen LogP contribution in [0.2, 0.25) is 0 Å². The predicted octanol–water partition coefficient (Wildman–Crippen LogP) is 1.90. The van der Waals surface area contributed by atoms with E-state index in [4.69, 9.17) is 20.3 Å². The van der Waals surface area contributed by atoms with E-state index in [2.05, 4.69) is 4.99 Å². The fraction of sp³-hybridized carbons (Fsp3) is 0.353. The largest absolute Gasteiger partial charge is 0.493 e. The van der Waals surface area contributed by atoms with Crippen molar-refractivity contribution in [2.24, 2.45) is 10.7 Å². The van der Waals surface area contributed by atoms with E-state index in [-0.39, 0.29) is 0 Å². The first-order valence-electron chi connectivity index (χ1n) is 7.47. The Balaban J connectivity index is 2.77. The van der Waals surface area contributed by atoms with Gasteiger partial charge >= 0.3 is 11.9 Å². The molecule has 0 bridgehead atoms. The average Bonchev–Trinajstić information content (AvgIpc) is 2.54. The van der Waals surface area contributed by atoms with Gasteiger partial charge in [-0.05, 0) is 43.2 Å². The summed E-state index contributed by atoms with van der Waals surface area (Å²) in [5.41, 5.74) is 6.17. The summed E-state index contributed by atoms with van der Waals surface area (Å²) < 4.78 is 10.2. The third kappa shape index (κ3) is 6.62. The molecule has 0 aromatic heterocycles. The maximum absolute atomic E-state index is 11.0. The van der Waals surface area contributed by atoms with E-state index >= 15 is 0 Å². The molecule has 7 heteroatoms. The highest BCUT2D eigenvalue weighted by Crippen LogP contribution is 2.28. The van der Waals surface area contributed by atoms with Crippen molar-refractivity contribution in [3.05, 3.63) is 29.8 Å². The Kier molecular flexibility index (Phi) is 8.21. The highest BCUT2D eigenvalue weighted by molar-refractivity contribution is 5.82. The molecule has 0 amide bonds. The number of ether oxygens (including phenoxy) is 2. The number of rotatable bonds is 9. The zero-order valence-corrected chi connectivity index (χ0v) is 13.8. The van der Waals surface area contributed by atoms with Crippen molar-refractivity contribution >= 4 is 24.2 Å². The Morgan fingerprint density at radius 2 is 2.12 bits per heavy atom. The first-order chi connectivity index (χ1) is 11.5. The summed E-state index contributed by atoms with van der Waals surface area (Å²) in [6.07, 6.45) is 5.83. The van der Waals surface area contributed by atoms with Gasteiger partial charge in [-0.1, -0.05) is 12.1 Å². The molecule has 1 rings (SSSR count). The second-order valence-electron chi connectivity index (χ2n) is 4.95. The molecule has 130 valence electrons. The van der Waals surface area contributed by atoms with Gasteiger partial charge in [-0.25, -0.2) is 4.79 Å². The van der Waals surface area contributed by atoms with Gasteiger partial charge in [0.25, 0.3) is 0 Å². The lowest BCUT2D eigenvalue weighted by atomic mass is 10.1. The van der Waals surface area contributed by atoms with E-state index in [1.807, 2.05) is 0 Å². The molecule has 0 aliphatic heterocycles. The van der Waals surface area contributed by atoms with Gasteiger partial charge in [0.1, 0.15) is 6.04 Å². The number of carbonyl (C=O) groups is 2. The number of nitrogens with two attached hydrogens (primary N) is 1. The van der Waals surface area contributed by atoms with Crippen LogP contribution in [0.25, 0.3) is 6.08 Å². The standard InChI is InChI=1S/C17H22N2O5/c1-12(20)24-15-8-7-13(11-16(15)23-2)5-4-10-19-14(17(21)22)6-3-9-18/h4-5,7-8,10-11,14H,3,6,9,18H2,1-2H3,(H,21,22)/b5-4+,19-10?. The number of aliphatic imine (C=N–C) groups is 1. The van der Waals surface area contributed by atoms with E-state index in [1.54, 1.807) is 30.4 Å². The SMILES string of the molecule is COc1cc(/C=C/C=NC(CCCN)C(=O)O)ccc1OC(C)=O. The lowest BCUT2D eigenvalue weighted by Gasteiger charge is -2.08. The van der Waals surface area contributed by atoms with Crippen LogP contribution >= 0.6 is 0 Å². The highest BCUT2D eigenvalue weighted by atomic mass is 16.6. The molecule has 0 saturated carbocycles. The van der Waals surface area contributed by atoms with Crippen molar-refractivity contribution < 1.29 is 24.2 Å². The summed E-state index contributed by atoms with van der Waals surface area (Å²) in [6.45, 7) is 1.75. The minimum atomic E-state index is -0.972. The van der Waals surface area contributed by atoms with Gasteiger partial charge in [0.2, 0.25) is 0 Å². The first kappa shape index (κ1) is 19.4. The van der Waals surface area contributed by atoms with Gasteiger partial charge in [0.05, 0.1) is 7.11 Å². The Hall–Kier alpha value is -2.67. The summed E-state index contributed by atoms with van der Waals surface area (Å²) in [6, 6.07) is 4.28. The van der Waals surface area contributed by atoms with Crippen molar-refractivity contribution in [1.29, 1.82) is 0 Å². The summed E-state index contributed by atoms with van der Waals surface area (Å²) in [5, 5.41) is 9.05. The second-order valence-corrected chi connectivity index (χ2v) is 4.95. The molecule has 0 radical (unpaired) electrons. The number of methoxy groups -OCH3 is 1. The molecule has 0 saturated heterocycles. The van der Waals surface area contributed by atoms with Crippen LogP contribution in [-0.4, -0.2) is 43.0 Å². The Morgan fingerprint density at radius 1 is 1.38 bits per heavy atom. The van der Waals surface area contributed by atoms with E-state index in [0.717, 1.165) is 5.56 Å². The van der Waals surface area contributed by atoms with E-state index < -0.39 is 18.0 Å². The van der Waals surface area contributed by atoms with Crippen LogP contribution in [0.3, 0.4) is 0 Å². The first-order valence-corrected chi connectivity index (χ1v) is 7.47. The molecule has 1 unspecified atom stereocenters. The molecule has 1 aromatic carbocycles. The molecule has 7 nitrogen and oxygen atoms in total. The molecule has 0 fully saturated rings. The van der Waals surface area contributed by atoms with Crippen molar-refractivity contribution in [2.75, 3.05) is 13.7 Å². The maximum Gasteiger partial charge on any atom is 0.328 e. The van der Waals surface area contributed by atoms with Crippen molar-refractivity contribution in [1.82, 2.24) is 0 Å². The van der Waals surface area contributed by atoms with E-state index in [9.17, 15) is 9.59 Å². The molecule has 0 heterocycles. The van der Waals surface area contributed by atoms with Crippen LogP contribution in [0.5, 0.6) is 11.5 Å². The van der Waals surface area contributed by atoms with Crippen molar-refractivity contribution in [2.45, 2.75) is 25.8 Å². The molecule has 24 heavy (non-hydrogen) atoms. The highest BCUT2D eigenvalue weighted by Gasteiger charge is 2.13. The molecular formula is C17H22N2O5. The normalized spacial score (nSPS) is 12.5. The maximum atomic E-state index is 11.0. The van der Waals surface area contributed by atoms with Crippen LogP contribution in [0, 0.1) is 0 Å². The number of hydrogen-bond donors (Lipinski definition) is 2. The third-order valence-electron chi connectivity index (χ3n) is 3.05. The number of carboxylic acids is 1. The Morgan fingerprint density at radius 3 is 2.71 bits per heavy atom. The lowest BCUT2D eigenvalue weighted by molar-refractivity contribution is -0.138. The number of hydrogen-bond acceptors (Lipinski definition) is 6. The van der Waals surface area contributed by atoms with Gasteiger partial charge in [-0.15, -0.1) is 0 Å². The molecular weight excluding hydrogens is 312 g/mol. The minimum absolute atomic E-state index is 0.337. The zero-order chi connectivity index (χ0) is 17.9. The average molecular weight is 334 g/mol. The number of allylic oxidation sites excluding steroid dienone is 1. The number of nitrogens with zero attached hydrogens (tertiary/aromatic N) is 1. The van der Waals surface area contributed by atoms with Crippen LogP contribution < -0.4 is 15.2 Å². The van der Waals surface area contributed by atoms with Gasteiger partial charge in [-0.2, -0.15) is 0 Å². The summed E-state index contributed by atoms with van der Waals surface area (Å²) in [5.74, 6) is -0.638. The second kappa shape index (κ2) is 10.2. The number of aliphatic carboxylic acids is 1. The summed E-state index contributed by atoms with van der Waals surface area (Å²) in [4.78, 5) is 26.1. The fourth-order valence-corrected chi connectivity index (χ4v) is 1.91. The van der Waals surface area contributed by atoms with E-state index in [0.29, 0.717) is 30.9 Å². The third-order valence-corrected chi connectivity index (χ3v) is 3.05. The number of esters is 1. The minimum Gasteiger partial charge on any atom is -0.493 e. The van der Waals surface area contributed by atoms with Gasteiger partial charge < -0.3 is 20.3 Å². The van der Waals surface area contributed by atoms with Crippen LogP contribution in [0.15, 0.2) is 29.3 Å².